The Hall–Kier alpha value is -1.99. The van der Waals surface area contributed by atoms with Gasteiger partial charge in [0.05, 0.1) is 6.04 Å². The molecular formula is C18H26N4O3. The van der Waals surface area contributed by atoms with Crippen LogP contribution in [0.2, 0.25) is 0 Å². The molecule has 1 unspecified atom stereocenters. The Morgan fingerprint density at radius 2 is 2.00 bits per heavy atom. The maximum atomic E-state index is 13.1. The number of carbonyl (C=O) groups excluding carboxylic acids is 1. The smallest absolute Gasteiger partial charge is 0.335 e. The molecule has 2 fully saturated rings. The summed E-state index contributed by atoms with van der Waals surface area (Å²) < 4.78 is 11.7. The number of hydrogen-bond acceptors (Lipinski definition) is 5. The molecule has 136 valence electrons. The Labute approximate surface area is 148 Å². The average molecular weight is 346 g/mol. The van der Waals surface area contributed by atoms with E-state index >= 15 is 0 Å². The molecule has 0 saturated carbocycles. The highest BCUT2D eigenvalue weighted by atomic mass is 16.6. The molecular weight excluding hydrogens is 320 g/mol. The number of para-hydroxylation sites is 1. The van der Waals surface area contributed by atoms with E-state index in [1.165, 1.54) is 0 Å². The minimum Gasteiger partial charge on any atom is -0.486 e. The molecule has 1 aromatic rings. The lowest BCUT2D eigenvalue weighted by molar-refractivity contribution is -0.0107. The first kappa shape index (κ1) is 16.5. The second kappa shape index (κ2) is 7.09. The van der Waals surface area contributed by atoms with Crippen LogP contribution in [0.15, 0.2) is 18.2 Å². The maximum Gasteiger partial charge on any atom is 0.335 e. The Bertz CT molecular complexity index is 633. The van der Waals surface area contributed by atoms with Gasteiger partial charge in [0, 0.05) is 44.8 Å². The number of nitrogens with zero attached hydrogens (tertiary/aromatic N) is 3. The van der Waals surface area contributed by atoms with Gasteiger partial charge in [-0.25, -0.2) is 14.8 Å². The molecule has 3 aliphatic heterocycles. The first-order valence-corrected chi connectivity index (χ1v) is 9.22. The van der Waals surface area contributed by atoms with E-state index in [1.807, 2.05) is 22.0 Å². The van der Waals surface area contributed by atoms with Crippen molar-refractivity contribution in [2.24, 2.45) is 0 Å². The highest BCUT2D eigenvalue weighted by Gasteiger charge is 2.43. The van der Waals surface area contributed by atoms with E-state index in [2.05, 4.69) is 23.3 Å². The zero-order valence-electron chi connectivity index (χ0n) is 14.7. The van der Waals surface area contributed by atoms with Gasteiger partial charge in [-0.05, 0) is 12.5 Å². The lowest BCUT2D eigenvalue weighted by Crippen LogP contribution is -2.54. The third-order valence-electron chi connectivity index (χ3n) is 5.00. The number of fused-ring (bicyclic) bond motifs is 1. The quantitative estimate of drug-likeness (QED) is 0.895. The normalized spacial score (nSPS) is 24.0. The van der Waals surface area contributed by atoms with Crippen LogP contribution in [0.1, 0.15) is 24.9 Å². The number of urea groups is 1. The summed E-state index contributed by atoms with van der Waals surface area (Å²) in [7, 11) is 0. The summed E-state index contributed by atoms with van der Waals surface area (Å²) in [5, 5.41) is 7.49. The summed E-state index contributed by atoms with van der Waals surface area (Å²) >= 11 is 0. The van der Waals surface area contributed by atoms with E-state index in [4.69, 9.17) is 9.47 Å². The summed E-state index contributed by atoms with van der Waals surface area (Å²) in [4.78, 5) is 15.0. The molecule has 3 heterocycles. The third kappa shape index (κ3) is 3.02. The number of rotatable bonds is 4. The maximum absolute atomic E-state index is 13.1. The molecule has 4 rings (SSSR count). The predicted molar refractivity (Wildman–Crippen MR) is 93.7 cm³/mol. The molecule has 1 N–H and O–H groups in total. The molecule has 7 heteroatoms. The van der Waals surface area contributed by atoms with Crippen LogP contribution in [0.4, 0.5) is 4.79 Å². The Morgan fingerprint density at radius 1 is 1.20 bits per heavy atom. The van der Waals surface area contributed by atoms with Crippen LogP contribution in [0.5, 0.6) is 11.5 Å². The zero-order valence-corrected chi connectivity index (χ0v) is 14.7. The van der Waals surface area contributed by atoms with E-state index in [9.17, 15) is 4.79 Å². The molecule has 0 aromatic heterocycles. The van der Waals surface area contributed by atoms with Gasteiger partial charge in [0.1, 0.15) is 13.2 Å². The Kier molecular flexibility index (Phi) is 4.67. The number of ether oxygens (including phenoxy) is 2. The van der Waals surface area contributed by atoms with Gasteiger partial charge >= 0.3 is 6.03 Å². The SMILES string of the molecule is CCCN1CC(c2cccc3c2OCCO3)N(N2CCNCC2)C1=O. The molecule has 7 nitrogen and oxygen atoms in total. The second-order valence-electron chi connectivity index (χ2n) is 6.66. The summed E-state index contributed by atoms with van der Waals surface area (Å²) in [6.45, 7) is 8.19. The fourth-order valence-corrected chi connectivity index (χ4v) is 3.87. The van der Waals surface area contributed by atoms with Gasteiger partial charge in [-0.3, -0.25) is 0 Å². The van der Waals surface area contributed by atoms with Crippen LogP contribution in [-0.2, 0) is 0 Å². The predicted octanol–water partition coefficient (Wildman–Crippen LogP) is 1.47. The number of nitrogens with one attached hydrogen (secondary N) is 1. The summed E-state index contributed by atoms with van der Waals surface area (Å²) in [5.74, 6) is 1.58. The van der Waals surface area contributed by atoms with Crippen molar-refractivity contribution < 1.29 is 14.3 Å². The average Bonchev–Trinajstić information content (AvgIpc) is 2.98. The highest BCUT2D eigenvalue weighted by Crippen LogP contribution is 2.42. The van der Waals surface area contributed by atoms with Crippen molar-refractivity contribution >= 4 is 6.03 Å². The van der Waals surface area contributed by atoms with Gasteiger partial charge in [-0.2, -0.15) is 0 Å². The number of carbonyl (C=O) groups is 1. The molecule has 1 aromatic carbocycles. The number of hydrazine groups is 1. The van der Waals surface area contributed by atoms with Crippen LogP contribution < -0.4 is 14.8 Å². The Balaban J connectivity index is 1.69. The molecule has 2 amide bonds. The van der Waals surface area contributed by atoms with Crippen LogP contribution >= 0.6 is 0 Å². The lowest BCUT2D eigenvalue weighted by Gasteiger charge is -2.38. The van der Waals surface area contributed by atoms with Crippen molar-refractivity contribution in [1.82, 2.24) is 20.2 Å². The van der Waals surface area contributed by atoms with Gasteiger partial charge in [0.15, 0.2) is 11.5 Å². The molecule has 0 bridgehead atoms. The van der Waals surface area contributed by atoms with Crippen LogP contribution in [0.3, 0.4) is 0 Å². The number of amides is 2. The highest BCUT2D eigenvalue weighted by molar-refractivity contribution is 5.77. The van der Waals surface area contributed by atoms with Gasteiger partial charge in [0.25, 0.3) is 0 Å². The lowest BCUT2D eigenvalue weighted by atomic mass is 10.0. The Morgan fingerprint density at radius 3 is 2.80 bits per heavy atom. The molecule has 0 aliphatic carbocycles. The van der Waals surface area contributed by atoms with Crippen molar-refractivity contribution in [3.05, 3.63) is 23.8 Å². The number of benzene rings is 1. The molecule has 0 spiro atoms. The van der Waals surface area contributed by atoms with Crippen LogP contribution in [-0.4, -0.2) is 73.4 Å². The molecule has 0 radical (unpaired) electrons. The first-order chi connectivity index (χ1) is 12.3. The summed E-state index contributed by atoms with van der Waals surface area (Å²) in [5.41, 5.74) is 1.04. The fraction of sp³-hybridized carbons (Fsp3) is 0.611. The zero-order chi connectivity index (χ0) is 17.2. The van der Waals surface area contributed by atoms with Gasteiger partial charge in [-0.15, -0.1) is 0 Å². The summed E-state index contributed by atoms with van der Waals surface area (Å²) in [6.07, 6.45) is 0.959. The summed E-state index contributed by atoms with van der Waals surface area (Å²) in [6, 6.07) is 6.06. The van der Waals surface area contributed by atoms with Crippen LogP contribution in [0, 0.1) is 0 Å². The van der Waals surface area contributed by atoms with Crippen molar-refractivity contribution in [3.63, 3.8) is 0 Å². The van der Waals surface area contributed by atoms with Crippen molar-refractivity contribution in [2.45, 2.75) is 19.4 Å². The molecule has 3 aliphatic rings. The van der Waals surface area contributed by atoms with E-state index in [1.54, 1.807) is 0 Å². The second-order valence-corrected chi connectivity index (χ2v) is 6.66. The largest absolute Gasteiger partial charge is 0.486 e. The number of piperazine rings is 1. The monoisotopic (exact) mass is 346 g/mol. The fourth-order valence-electron chi connectivity index (χ4n) is 3.87. The minimum absolute atomic E-state index is 0.0335. The van der Waals surface area contributed by atoms with Gasteiger partial charge in [0.2, 0.25) is 0 Å². The van der Waals surface area contributed by atoms with Gasteiger partial charge < -0.3 is 19.7 Å². The molecule has 25 heavy (non-hydrogen) atoms. The van der Waals surface area contributed by atoms with E-state index in [-0.39, 0.29) is 12.1 Å². The molecule has 1 atom stereocenters. The molecule has 2 saturated heterocycles. The van der Waals surface area contributed by atoms with Crippen molar-refractivity contribution in [2.75, 3.05) is 52.5 Å². The standard InChI is InChI=1S/C18H26N4O3/c1-2-8-20-13-15(22(18(20)23)21-9-6-19-7-10-21)14-4-3-5-16-17(14)25-12-11-24-16/h3-5,15,19H,2,6-13H2,1H3. The van der Waals surface area contributed by atoms with Gasteiger partial charge in [-0.1, -0.05) is 19.1 Å². The van der Waals surface area contributed by atoms with Crippen LogP contribution in [0.25, 0.3) is 0 Å². The van der Waals surface area contributed by atoms with E-state index in [0.717, 1.165) is 56.2 Å². The minimum atomic E-state index is -0.0335. The van der Waals surface area contributed by atoms with Crippen molar-refractivity contribution in [1.29, 1.82) is 0 Å². The number of hydrogen-bond donors (Lipinski definition) is 1. The van der Waals surface area contributed by atoms with E-state index in [0.29, 0.717) is 19.8 Å². The van der Waals surface area contributed by atoms with Crippen molar-refractivity contribution in [3.8, 4) is 11.5 Å². The topological polar surface area (TPSA) is 57.3 Å². The van der Waals surface area contributed by atoms with E-state index < -0.39 is 0 Å². The third-order valence-corrected chi connectivity index (χ3v) is 5.00. The first-order valence-electron chi connectivity index (χ1n) is 9.22.